The number of hydrogen-bond acceptors (Lipinski definition) is 5. The fraction of sp³-hybridized carbons (Fsp3) is 0.667. The summed E-state index contributed by atoms with van der Waals surface area (Å²) < 4.78 is 0. The van der Waals surface area contributed by atoms with E-state index in [9.17, 15) is 5.11 Å². The molecule has 1 aromatic heterocycles. The molecule has 0 spiro atoms. The average Bonchev–Trinajstić information content (AvgIpc) is 2.71. The van der Waals surface area contributed by atoms with E-state index in [2.05, 4.69) is 16.8 Å². The number of hydrogen-bond donors (Lipinski definition) is 2. The van der Waals surface area contributed by atoms with E-state index < -0.39 is 0 Å². The number of aliphatic hydroxyl groups is 1. The maximum absolute atomic E-state index is 9.25. The molecule has 1 aromatic rings. The Hall–Kier alpha value is -0.810. The second-order valence-electron chi connectivity index (χ2n) is 3.70. The highest BCUT2D eigenvalue weighted by Gasteiger charge is 2.32. The molecule has 0 radical (unpaired) electrons. The van der Waals surface area contributed by atoms with Crippen LogP contribution in [-0.2, 0) is 0 Å². The Morgan fingerprint density at radius 1 is 1.71 bits per heavy atom. The molecule has 2 unspecified atom stereocenters. The lowest BCUT2D eigenvalue weighted by molar-refractivity contribution is 0.244. The summed E-state index contributed by atoms with van der Waals surface area (Å²) in [6, 6.07) is 0.153. The smallest absolute Gasteiger partial charge is 0.223 e. The molecule has 2 atom stereocenters. The van der Waals surface area contributed by atoms with Crippen molar-refractivity contribution < 1.29 is 10.2 Å². The zero-order valence-electron chi connectivity index (χ0n) is 8.05. The summed E-state index contributed by atoms with van der Waals surface area (Å²) in [7, 11) is 0. The van der Waals surface area contributed by atoms with Crippen molar-refractivity contribution in [3.63, 3.8) is 0 Å². The summed E-state index contributed by atoms with van der Waals surface area (Å²) in [5.41, 5.74) is 0. The van der Waals surface area contributed by atoms with Gasteiger partial charge < -0.3 is 15.1 Å². The number of nitrogens with zero attached hydrogens (tertiary/aromatic N) is 2. The van der Waals surface area contributed by atoms with Crippen LogP contribution in [0.2, 0.25) is 0 Å². The molecule has 0 aliphatic carbocycles. The maximum atomic E-state index is 9.25. The topological polar surface area (TPSA) is 56.6 Å². The van der Waals surface area contributed by atoms with Gasteiger partial charge in [-0.1, -0.05) is 6.92 Å². The summed E-state index contributed by atoms with van der Waals surface area (Å²) >= 11 is 1.42. The number of thiazole rings is 1. The molecule has 14 heavy (non-hydrogen) atoms. The van der Waals surface area contributed by atoms with Crippen molar-refractivity contribution in [1.29, 1.82) is 0 Å². The third-order valence-corrected chi connectivity index (χ3v) is 3.66. The molecule has 1 aliphatic rings. The van der Waals surface area contributed by atoms with Gasteiger partial charge in [-0.2, -0.15) is 4.98 Å². The van der Waals surface area contributed by atoms with Crippen LogP contribution in [0.3, 0.4) is 0 Å². The van der Waals surface area contributed by atoms with E-state index >= 15 is 0 Å². The average molecular weight is 214 g/mol. The predicted octanol–water partition coefficient (Wildman–Crippen LogP) is 1.06. The Bertz CT molecular complexity index is 316. The molecule has 0 amide bonds. The summed E-state index contributed by atoms with van der Waals surface area (Å²) in [5.74, 6) is 0.562. The van der Waals surface area contributed by atoms with Gasteiger partial charge in [0.25, 0.3) is 0 Å². The fourth-order valence-corrected chi connectivity index (χ4v) is 2.68. The lowest BCUT2D eigenvalue weighted by Gasteiger charge is -2.24. The van der Waals surface area contributed by atoms with Gasteiger partial charge in [-0.3, -0.25) is 0 Å². The molecule has 0 bridgehead atoms. The van der Waals surface area contributed by atoms with Crippen molar-refractivity contribution in [2.75, 3.05) is 18.1 Å². The molecule has 2 rings (SSSR count). The molecule has 1 aliphatic heterocycles. The molecule has 0 aromatic carbocycles. The number of anilines is 1. The first-order valence-electron chi connectivity index (χ1n) is 4.74. The van der Waals surface area contributed by atoms with Crippen LogP contribution in [0.4, 0.5) is 5.13 Å². The number of aromatic hydroxyl groups is 1. The van der Waals surface area contributed by atoms with Gasteiger partial charge in [0, 0.05) is 6.54 Å². The Labute approximate surface area is 86.8 Å². The zero-order chi connectivity index (χ0) is 10.1. The first kappa shape index (κ1) is 9.73. The van der Waals surface area contributed by atoms with E-state index in [1.54, 1.807) is 5.38 Å². The van der Waals surface area contributed by atoms with Crippen molar-refractivity contribution in [3.8, 4) is 5.88 Å². The van der Waals surface area contributed by atoms with Crippen molar-refractivity contribution in [1.82, 2.24) is 4.98 Å². The van der Waals surface area contributed by atoms with Crippen LogP contribution in [0.1, 0.15) is 13.3 Å². The summed E-state index contributed by atoms with van der Waals surface area (Å²) in [4.78, 5) is 6.09. The third kappa shape index (κ3) is 1.57. The van der Waals surface area contributed by atoms with Crippen molar-refractivity contribution in [3.05, 3.63) is 5.38 Å². The predicted molar refractivity (Wildman–Crippen MR) is 55.8 cm³/mol. The van der Waals surface area contributed by atoms with Crippen LogP contribution in [0.5, 0.6) is 5.88 Å². The number of rotatable bonds is 2. The monoisotopic (exact) mass is 214 g/mol. The molecule has 1 saturated heterocycles. The van der Waals surface area contributed by atoms with Crippen LogP contribution < -0.4 is 4.90 Å². The highest BCUT2D eigenvalue weighted by atomic mass is 32.1. The Morgan fingerprint density at radius 3 is 3.07 bits per heavy atom. The standard InChI is InChI=1S/C9H14N2O2S/c1-6-2-3-11(7(6)4-12)9-10-8(13)5-14-9/h5-7,12-13H,2-4H2,1H3. The molecule has 2 N–H and O–H groups in total. The first-order valence-corrected chi connectivity index (χ1v) is 5.62. The Kier molecular flexibility index (Phi) is 2.60. The number of aromatic nitrogens is 1. The van der Waals surface area contributed by atoms with E-state index in [-0.39, 0.29) is 18.5 Å². The quantitative estimate of drug-likeness (QED) is 0.773. The van der Waals surface area contributed by atoms with Crippen LogP contribution in [0.25, 0.3) is 0 Å². The van der Waals surface area contributed by atoms with E-state index in [1.165, 1.54) is 11.3 Å². The van der Waals surface area contributed by atoms with Crippen molar-refractivity contribution >= 4 is 16.5 Å². The second kappa shape index (κ2) is 3.74. The van der Waals surface area contributed by atoms with Crippen LogP contribution in [0, 0.1) is 5.92 Å². The summed E-state index contributed by atoms with van der Waals surface area (Å²) in [5, 5.41) is 20.8. The minimum atomic E-state index is 0.0706. The molecule has 1 fully saturated rings. The molecule has 2 heterocycles. The summed E-state index contributed by atoms with van der Waals surface area (Å²) in [6.45, 7) is 3.20. The highest BCUT2D eigenvalue weighted by Crippen LogP contribution is 2.32. The van der Waals surface area contributed by atoms with Gasteiger partial charge in [0.2, 0.25) is 5.88 Å². The highest BCUT2D eigenvalue weighted by molar-refractivity contribution is 7.13. The Balaban J connectivity index is 2.18. The van der Waals surface area contributed by atoms with E-state index in [0.717, 1.165) is 18.1 Å². The van der Waals surface area contributed by atoms with E-state index in [1.807, 2.05) is 0 Å². The number of aliphatic hydroxyl groups excluding tert-OH is 1. The molecule has 0 saturated carbocycles. The first-order chi connectivity index (χ1) is 6.72. The maximum Gasteiger partial charge on any atom is 0.223 e. The van der Waals surface area contributed by atoms with Gasteiger partial charge in [0.15, 0.2) is 5.13 Å². The molecule has 5 heteroatoms. The summed E-state index contributed by atoms with van der Waals surface area (Å²) in [6.07, 6.45) is 1.07. The van der Waals surface area contributed by atoms with Gasteiger partial charge in [-0.05, 0) is 12.3 Å². The Morgan fingerprint density at radius 2 is 2.50 bits per heavy atom. The third-order valence-electron chi connectivity index (χ3n) is 2.80. The van der Waals surface area contributed by atoms with Gasteiger partial charge in [0.05, 0.1) is 18.0 Å². The van der Waals surface area contributed by atoms with Gasteiger partial charge in [-0.25, -0.2) is 0 Å². The lowest BCUT2D eigenvalue weighted by atomic mass is 10.0. The largest absolute Gasteiger partial charge is 0.493 e. The minimum Gasteiger partial charge on any atom is -0.493 e. The minimum absolute atomic E-state index is 0.0706. The molecule has 4 nitrogen and oxygen atoms in total. The van der Waals surface area contributed by atoms with E-state index in [4.69, 9.17) is 5.11 Å². The van der Waals surface area contributed by atoms with E-state index in [0.29, 0.717) is 5.92 Å². The van der Waals surface area contributed by atoms with Crippen LogP contribution in [0.15, 0.2) is 5.38 Å². The van der Waals surface area contributed by atoms with Crippen molar-refractivity contribution in [2.24, 2.45) is 5.92 Å². The fourth-order valence-electron chi connectivity index (χ4n) is 1.91. The van der Waals surface area contributed by atoms with Gasteiger partial charge in [-0.15, -0.1) is 11.3 Å². The molecule has 78 valence electrons. The van der Waals surface area contributed by atoms with Gasteiger partial charge in [0.1, 0.15) is 0 Å². The van der Waals surface area contributed by atoms with Crippen LogP contribution >= 0.6 is 11.3 Å². The zero-order valence-corrected chi connectivity index (χ0v) is 8.87. The van der Waals surface area contributed by atoms with Crippen molar-refractivity contribution in [2.45, 2.75) is 19.4 Å². The lowest BCUT2D eigenvalue weighted by Crippen LogP contribution is -2.34. The van der Waals surface area contributed by atoms with Crippen LogP contribution in [-0.4, -0.2) is 34.4 Å². The molecular weight excluding hydrogens is 200 g/mol. The SMILES string of the molecule is CC1CCN(c2nc(O)cs2)C1CO. The second-order valence-corrected chi connectivity index (χ2v) is 4.53. The molecular formula is C9H14N2O2S. The van der Waals surface area contributed by atoms with Gasteiger partial charge >= 0.3 is 0 Å². The normalized spacial score (nSPS) is 27.1.